The van der Waals surface area contributed by atoms with Crippen LogP contribution in [0.3, 0.4) is 0 Å². The Bertz CT molecular complexity index is 432. The minimum absolute atomic E-state index is 0.0151. The maximum atomic E-state index is 12.3. The Labute approximate surface area is 131 Å². The molecule has 2 amide bonds. The van der Waals surface area contributed by atoms with Crippen molar-refractivity contribution < 1.29 is 19.1 Å². The van der Waals surface area contributed by atoms with Gasteiger partial charge in [0.05, 0.1) is 24.3 Å². The van der Waals surface area contributed by atoms with Gasteiger partial charge < -0.3 is 4.74 Å². The van der Waals surface area contributed by atoms with E-state index in [1.54, 1.807) is 0 Å². The number of carbonyl (C=O) groups excluding carboxylic acids is 3. The fraction of sp³-hybridized carbons (Fsp3) is 0.824. The molecule has 0 radical (unpaired) electrons. The van der Waals surface area contributed by atoms with Crippen LogP contribution in [0.4, 0.5) is 0 Å². The van der Waals surface area contributed by atoms with Crippen LogP contribution in [0.15, 0.2) is 0 Å². The molecule has 2 unspecified atom stereocenters. The van der Waals surface area contributed by atoms with E-state index in [1.165, 1.54) is 11.3 Å². The molecule has 5 heteroatoms. The highest BCUT2D eigenvalue weighted by Gasteiger charge is 2.47. The number of hydrogen-bond donors (Lipinski definition) is 0. The minimum atomic E-state index is -0.156. The van der Waals surface area contributed by atoms with E-state index >= 15 is 0 Å². The summed E-state index contributed by atoms with van der Waals surface area (Å²) in [7, 11) is 0. The molecule has 1 heterocycles. The van der Waals surface area contributed by atoms with Gasteiger partial charge >= 0.3 is 5.97 Å². The normalized spacial score (nSPS) is 29.5. The predicted octanol–water partition coefficient (Wildman–Crippen LogP) is 2.29. The summed E-state index contributed by atoms with van der Waals surface area (Å²) < 4.78 is 5.31. The number of carbonyl (C=O) groups is 3. The second kappa shape index (κ2) is 6.80. The van der Waals surface area contributed by atoms with Crippen LogP contribution >= 0.6 is 0 Å². The van der Waals surface area contributed by atoms with Crippen LogP contribution in [-0.4, -0.2) is 35.8 Å². The van der Waals surface area contributed by atoms with Crippen molar-refractivity contribution in [1.82, 2.24) is 4.90 Å². The molecule has 2 saturated carbocycles. The lowest BCUT2D eigenvalue weighted by Gasteiger charge is -2.21. The second-order valence-electron chi connectivity index (χ2n) is 6.83. The first kappa shape index (κ1) is 15.5. The molecule has 2 aliphatic carbocycles. The Morgan fingerprint density at radius 1 is 0.909 bits per heavy atom. The van der Waals surface area contributed by atoms with Crippen molar-refractivity contribution in [3.8, 4) is 0 Å². The van der Waals surface area contributed by atoms with Crippen molar-refractivity contribution in [2.24, 2.45) is 17.8 Å². The van der Waals surface area contributed by atoms with Crippen LogP contribution in [0.25, 0.3) is 0 Å². The molecule has 2 atom stereocenters. The molecule has 3 rings (SSSR count). The first-order valence-corrected chi connectivity index (χ1v) is 8.70. The van der Waals surface area contributed by atoms with E-state index in [0.29, 0.717) is 0 Å². The Kier molecular flexibility index (Phi) is 4.79. The van der Waals surface area contributed by atoms with Gasteiger partial charge in [-0.2, -0.15) is 0 Å². The highest BCUT2D eigenvalue weighted by atomic mass is 16.5. The van der Waals surface area contributed by atoms with Gasteiger partial charge in [-0.25, -0.2) is 0 Å². The predicted molar refractivity (Wildman–Crippen MR) is 79.7 cm³/mol. The number of ether oxygens (including phenoxy) is 1. The highest BCUT2D eigenvalue weighted by Crippen LogP contribution is 2.37. The van der Waals surface area contributed by atoms with Crippen LogP contribution < -0.4 is 0 Å². The smallest absolute Gasteiger partial charge is 0.308 e. The highest BCUT2D eigenvalue weighted by molar-refractivity contribution is 6.05. The van der Waals surface area contributed by atoms with Gasteiger partial charge in [0.15, 0.2) is 0 Å². The van der Waals surface area contributed by atoms with Gasteiger partial charge in [0.2, 0.25) is 11.8 Å². The quantitative estimate of drug-likeness (QED) is 0.590. The van der Waals surface area contributed by atoms with Crippen molar-refractivity contribution >= 4 is 17.8 Å². The van der Waals surface area contributed by atoms with Gasteiger partial charge in [-0.3, -0.25) is 19.3 Å². The van der Waals surface area contributed by atoms with Crippen LogP contribution in [0.5, 0.6) is 0 Å². The molecule has 0 aromatic heterocycles. The fourth-order valence-corrected chi connectivity index (χ4v) is 4.15. The standard InChI is InChI=1S/C17H25NO4/c19-15-13-8-4-5-9-14(13)16(20)18(15)10-11-22-17(21)12-6-2-1-3-7-12/h12-14H,1-11H2. The summed E-state index contributed by atoms with van der Waals surface area (Å²) in [5.74, 6) is -0.477. The average molecular weight is 307 g/mol. The Morgan fingerprint density at radius 3 is 2.05 bits per heavy atom. The van der Waals surface area contributed by atoms with Gasteiger partial charge in [0, 0.05) is 0 Å². The number of imide groups is 1. The third kappa shape index (κ3) is 3.03. The number of hydrogen-bond acceptors (Lipinski definition) is 4. The summed E-state index contributed by atoms with van der Waals surface area (Å²) in [5.41, 5.74) is 0. The molecular weight excluding hydrogens is 282 g/mol. The summed E-state index contributed by atoms with van der Waals surface area (Å²) in [5, 5.41) is 0. The maximum Gasteiger partial charge on any atom is 0.308 e. The molecule has 3 aliphatic rings. The Balaban J connectivity index is 1.48. The number of nitrogens with zero attached hydrogens (tertiary/aromatic N) is 1. The van der Waals surface area contributed by atoms with Gasteiger partial charge in [0.1, 0.15) is 6.61 Å². The monoisotopic (exact) mass is 307 g/mol. The molecule has 0 bridgehead atoms. The summed E-state index contributed by atoms with van der Waals surface area (Å²) in [6.45, 7) is 0.370. The molecule has 122 valence electrons. The summed E-state index contributed by atoms with van der Waals surface area (Å²) in [6, 6.07) is 0. The lowest BCUT2D eigenvalue weighted by molar-refractivity contribution is -0.152. The van der Waals surface area contributed by atoms with Crippen molar-refractivity contribution in [2.75, 3.05) is 13.2 Å². The molecule has 0 N–H and O–H groups in total. The molecule has 1 aliphatic heterocycles. The molecular formula is C17H25NO4. The van der Waals surface area contributed by atoms with Gasteiger partial charge in [-0.1, -0.05) is 32.1 Å². The number of esters is 1. The van der Waals surface area contributed by atoms with Crippen LogP contribution in [0, 0.1) is 17.8 Å². The van der Waals surface area contributed by atoms with E-state index in [4.69, 9.17) is 4.74 Å². The molecule has 1 saturated heterocycles. The molecule has 0 aromatic rings. The summed E-state index contributed by atoms with van der Waals surface area (Å²) in [4.78, 5) is 37.9. The van der Waals surface area contributed by atoms with Crippen molar-refractivity contribution in [3.63, 3.8) is 0 Å². The topological polar surface area (TPSA) is 63.7 Å². The number of amides is 2. The van der Waals surface area contributed by atoms with E-state index in [2.05, 4.69) is 0 Å². The van der Waals surface area contributed by atoms with E-state index < -0.39 is 0 Å². The van der Waals surface area contributed by atoms with Crippen LogP contribution in [0.1, 0.15) is 57.8 Å². The zero-order chi connectivity index (χ0) is 15.5. The molecule has 3 fully saturated rings. The zero-order valence-electron chi connectivity index (χ0n) is 13.1. The molecule has 22 heavy (non-hydrogen) atoms. The summed E-state index contributed by atoms with van der Waals surface area (Å²) >= 11 is 0. The van der Waals surface area contributed by atoms with Gasteiger partial charge in [-0.05, 0) is 25.7 Å². The first-order chi connectivity index (χ1) is 10.7. The average Bonchev–Trinajstić information content (AvgIpc) is 2.81. The van der Waals surface area contributed by atoms with E-state index in [-0.39, 0.29) is 48.7 Å². The third-order valence-electron chi connectivity index (χ3n) is 5.43. The zero-order valence-corrected chi connectivity index (χ0v) is 13.1. The molecule has 5 nitrogen and oxygen atoms in total. The second-order valence-corrected chi connectivity index (χ2v) is 6.83. The maximum absolute atomic E-state index is 12.3. The Morgan fingerprint density at radius 2 is 1.45 bits per heavy atom. The largest absolute Gasteiger partial charge is 0.464 e. The third-order valence-corrected chi connectivity index (χ3v) is 5.43. The minimum Gasteiger partial charge on any atom is -0.464 e. The number of likely N-dealkylation sites (tertiary alicyclic amines) is 1. The van der Waals surface area contributed by atoms with Gasteiger partial charge in [-0.15, -0.1) is 0 Å². The lowest BCUT2D eigenvalue weighted by atomic mass is 9.81. The molecule has 0 spiro atoms. The number of fused-ring (bicyclic) bond motifs is 1. The number of rotatable bonds is 4. The van der Waals surface area contributed by atoms with Crippen LogP contribution in [-0.2, 0) is 19.1 Å². The SMILES string of the molecule is O=C(OCCN1C(=O)C2CCCCC2C1=O)C1CCCCC1. The van der Waals surface area contributed by atoms with Gasteiger partial charge in [0.25, 0.3) is 0 Å². The van der Waals surface area contributed by atoms with Crippen molar-refractivity contribution in [2.45, 2.75) is 57.8 Å². The lowest BCUT2D eigenvalue weighted by Crippen LogP contribution is -2.35. The van der Waals surface area contributed by atoms with E-state index in [0.717, 1.165) is 51.4 Å². The van der Waals surface area contributed by atoms with E-state index in [1.807, 2.05) is 0 Å². The van der Waals surface area contributed by atoms with Crippen molar-refractivity contribution in [3.05, 3.63) is 0 Å². The fourth-order valence-electron chi connectivity index (χ4n) is 4.15. The Hall–Kier alpha value is -1.39. The molecule has 0 aromatic carbocycles. The summed E-state index contributed by atoms with van der Waals surface area (Å²) in [6.07, 6.45) is 8.91. The van der Waals surface area contributed by atoms with Crippen LogP contribution in [0.2, 0.25) is 0 Å². The van der Waals surface area contributed by atoms with Crippen molar-refractivity contribution in [1.29, 1.82) is 0 Å². The first-order valence-electron chi connectivity index (χ1n) is 8.70. The van der Waals surface area contributed by atoms with E-state index in [9.17, 15) is 14.4 Å².